The second kappa shape index (κ2) is 9.47. The van der Waals surface area contributed by atoms with E-state index in [-0.39, 0.29) is 24.9 Å². The minimum absolute atomic E-state index is 0.00463. The molecule has 5 rings (SSSR count). The van der Waals surface area contributed by atoms with Crippen LogP contribution in [0.4, 0.5) is 5.69 Å². The van der Waals surface area contributed by atoms with E-state index in [0.717, 1.165) is 15.6 Å². The molecule has 0 aromatic heterocycles. The number of ether oxygens (including phenoxy) is 2. The monoisotopic (exact) mass is 536 g/mol. The molecule has 0 unspecified atom stereocenters. The number of fused-ring (bicyclic) bond motifs is 1. The highest BCUT2D eigenvalue weighted by Crippen LogP contribution is 2.43. The van der Waals surface area contributed by atoms with Gasteiger partial charge in [-0.15, -0.1) is 0 Å². The summed E-state index contributed by atoms with van der Waals surface area (Å²) >= 11 is 3.64. The summed E-state index contributed by atoms with van der Waals surface area (Å²) in [6.07, 6.45) is -0.500. The van der Waals surface area contributed by atoms with Crippen molar-refractivity contribution in [1.29, 1.82) is 0 Å². The molecule has 3 aromatic rings. The van der Waals surface area contributed by atoms with Crippen molar-refractivity contribution in [3.05, 3.63) is 98.0 Å². The highest BCUT2D eigenvalue weighted by molar-refractivity contribution is 9.10. The van der Waals surface area contributed by atoms with E-state index in [2.05, 4.69) is 21.0 Å². The van der Waals surface area contributed by atoms with Crippen molar-refractivity contribution >= 4 is 33.2 Å². The van der Waals surface area contributed by atoms with Gasteiger partial charge in [0.25, 0.3) is 11.6 Å². The molecule has 9 nitrogen and oxygen atoms in total. The van der Waals surface area contributed by atoms with Gasteiger partial charge >= 0.3 is 0 Å². The van der Waals surface area contributed by atoms with Crippen LogP contribution in [0.2, 0.25) is 0 Å². The molecule has 178 valence electrons. The fraction of sp³-hybridized carbons (Fsp3) is 0.200. The Morgan fingerprint density at radius 3 is 2.49 bits per heavy atom. The van der Waals surface area contributed by atoms with Gasteiger partial charge in [-0.05, 0) is 42.3 Å². The molecule has 0 saturated carbocycles. The Labute approximate surface area is 209 Å². The Morgan fingerprint density at radius 2 is 1.80 bits per heavy atom. The molecule has 1 amide bonds. The Balaban J connectivity index is 1.54. The molecule has 10 heteroatoms. The van der Waals surface area contributed by atoms with Crippen molar-refractivity contribution in [1.82, 2.24) is 9.91 Å². The van der Waals surface area contributed by atoms with E-state index in [1.165, 1.54) is 17.1 Å². The lowest BCUT2D eigenvalue weighted by atomic mass is 10.1. The summed E-state index contributed by atoms with van der Waals surface area (Å²) in [6, 6.07) is 19.7. The van der Waals surface area contributed by atoms with Crippen LogP contribution >= 0.6 is 15.9 Å². The molecule has 2 heterocycles. The number of hydrogen-bond donors (Lipinski definition) is 0. The van der Waals surface area contributed by atoms with Crippen molar-refractivity contribution in [3.63, 3.8) is 0 Å². The number of carbonyl (C=O) groups excluding carboxylic acids is 1. The van der Waals surface area contributed by atoms with Gasteiger partial charge in [0.05, 0.1) is 17.2 Å². The van der Waals surface area contributed by atoms with Crippen LogP contribution in [0.1, 0.15) is 29.8 Å². The largest absolute Gasteiger partial charge is 0.454 e. The summed E-state index contributed by atoms with van der Waals surface area (Å²) in [5.74, 6) is 1.09. The van der Waals surface area contributed by atoms with Crippen LogP contribution in [0.5, 0.6) is 11.5 Å². The maximum atomic E-state index is 13.2. The number of nitro benzene ring substituents is 1. The Hall–Kier alpha value is -3.76. The third-order valence-electron chi connectivity index (χ3n) is 5.92. The molecule has 0 bridgehead atoms. The zero-order valence-corrected chi connectivity index (χ0v) is 20.3. The lowest BCUT2D eigenvalue weighted by Crippen LogP contribution is -2.29. The van der Waals surface area contributed by atoms with Crippen LogP contribution in [0.15, 0.2) is 76.3 Å². The first-order chi connectivity index (χ1) is 16.9. The second-order valence-corrected chi connectivity index (χ2v) is 9.07. The Kier molecular flexibility index (Phi) is 6.23. The number of carbonyl (C=O) groups is 1. The molecular formula is C25H21BrN4O5. The molecular weight excluding hydrogens is 516 g/mol. The molecule has 0 N–H and O–H groups in total. The average Bonchev–Trinajstić information content (AvgIpc) is 3.42. The van der Waals surface area contributed by atoms with Crippen LogP contribution in [0.25, 0.3) is 0 Å². The maximum Gasteiger partial charge on any atom is 0.269 e. The molecule has 3 aromatic carbocycles. The third-order valence-corrected chi connectivity index (χ3v) is 6.61. The third kappa shape index (κ3) is 4.62. The quantitative estimate of drug-likeness (QED) is 0.253. The number of nitrogens with zero attached hydrogens (tertiary/aromatic N) is 4. The molecule has 1 fully saturated rings. The van der Waals surface area contributed by atoms with Crippen molar-refractivity contribution in [2.24, 2.45) is 5.10 Å². The SMILES string of the molecule is C/C(=N/N1C(=O)CN(Cc2ccccc2)[C@@H]1c1cc2c(cc1Br)OCO2)c1ccc([N+](=O)[O-])cc1. The van der Waals surface area contributed by atoms with E-state index in [0.29, 0.717) is 29.3 Å². The van der Waals surface area contributed by atoms with Crippen LogP contribution in [-0.2, 0) is 11.3 Å². The Bertz CT molecular complexity index is 1310. The molecule has 0 aliphatic carbocycles. The van der Waals surface area contributed by atoms with E-state index in [1.807, 2.05) is 47.4 Å². The maximum absolute atomic E-state index is 13.2. The fourth-order valence-electron chi connectivity index (χ4n) is 4.20. The first-order valence-electron chi connectivity index (χ1n) is 10.9. The lowest BCUT2D eigenvalue weighted by Gasteiger charge is -2.29. The standard InChI is InChI=1S/C25H21BrN4O5/c1-16(18-7-9-19(10-8-18)30(32)33)27-29-24(31)14-28(13-17-5-3-2-4-6-17)25(29)20-11-22-23(12-21(20)26)35-15-34-22/h2-12,25H,13-15H2,1H3/b27-16-/t25-/m0/s1. The van der Waals surface area contributed by atoms with Gasteiger partial charge in [-0.3, -0.25) is 19.8 Å². The predicted octanol–water partition coefficient (Wildman–Crippen LogP) is 4.85. The average molecular weight is 537 g/mol. The molecule has 0 radical (unpaired) electrons. The minimum Gasteiger partial charge on any atom is -0.454 e. The highest BCUT2D eigenvalue weighted by atomic mass is 79.9. The van der Waals surface area contributed by atoms with Crippen molar-refractivity contribution in [2.75, 3.05) is 13.3 Å². The predicted molar refractivity (Wildman–Crippen MR) is 132 cm³/mol. The summed E-state index contributed by atoms with van der Waals surface area (Å²) in [5.41, 5.74) is 3.14. The van der Waals surface area contributed by atoms with Gasteiger partial charge < -0.3 is 9.47 Å². The Morgan fingerprint density at radius 1 is 1.11 bits per heavy atom. The van der Waals surface area contributed by atoms with E-state index >= 15 is 0 Å². The summed E-state index contributed by atoms with van der Waals surface area (Å²) in [4.78, 5) is 25.8. The minimum atomic E-state index is -0.500. The number of halogens is 1. The van der Waals surface area contributed by atoms with E-state index in [9.17, 15) is 14.9 Å². The van der Waals surface area contributed by atoms with Crippen molar-refractivity contribution in [2.45, 2.75) is 19.6 Å². The van der Waals surface area contributed by atoms with Crippen LogP contribution in [-0.4, -0.2) is 39.8 Å². The number of benzene rings is 3. The van der Waals surface area contributed by atoms with Gasteiger partial charge in [-0.1, -0.05) is 46.3 Å². The molecule has 1 atom stereocenters. The first-order valence-corrected chi connectivity index (χ1v) is 11.7. The summed E-state index contributed by atoms with van der Waals surface area (Å²) in [5, 5.41) is 17.2. The fourth-order valence-corrected chi connectivity index (χ4v) is 4.72. The summed E-state index contributed by atoms with van der Waals surface area (Å²) in [7, 11) is 0. The second-order valence-electron chi connectivity index (χ2n) is 8.22. The van der Waals surface area contributed by atoms with Gasteiger partial charge in [-0.2, -0.15) is 5.10 Å². The number of non-ortho nitro benzene ring substituents is 1. The molecule has 1 saturated heterocycles. The number of amides is 1. The smallest absolute Gasteiger partial charge is 0.269 e. The van der Waals surface area contributed by atoms with Crippen LogP contribution in [0, 0.1) is 10.1 Å². The highest BCUT2D eigenvalue weighted by Gasteiger charge is 2.41. The number of hydrazone groups is 1. The molecule has 2 aliphatic heterocycles. The van der Waals surface area contributed by atoms with Gasteiger partial charge in [-0.25, -0.2) is 5.01 Å². The van der Waals surface area contributed by atoms with E-state index in [1.54, 1.807) is 19.1 Å². The van der Waals surface area contributed by atoms with Gasteiger partial charge in [0.2, 0.25) is 6.79 Å². The van der Waals surface area contributed by atoms with Gasteiger partial charge in [0, 0.05) is 28.7 Å². The lowest BCUT2D eigenvalue weighted by molar-refractivity contribution is -0.384. The van der Waals surface area contributed by atoms with Crippen molar-refractivity contribution in [3.8, 4) is 11.5 Å². The van der Waals surface area contributed by atoms with Gasteiger partial charge in [0.1, 0.15) is 6.17 Å². The van der Waals surface area contributed by atoms with Crippen molar-refractivity contribution < 1.29 is 19.2 Å². The number of nitro groups is 1. The molecule has 35 heavy (non-hydrogen) atoms. The zero-order valence-electron chi connectivity index (χ0n) is 18.8. The topological polar surface area (TPSA) is 97.5 Å². The van der Waals surface area contributed by atoms with E-state index in [4.69, 9.17) is 9.47 Å². The van der Waals surface area contributed by atoms with E-state index < -0.39 is 11.1 Å². The first kappa shape index (κ1) is 23.0. The summed E-state index contributed by atoms with van der Waals surface area (Å²) < 4.78 is 11.9. The van der Waals surface area contributed by atoms with Crippen LogP contribution < -0.4 is 9.47 Å². The van der Waals surface area contributed by atoms with Crippen LogP contribution in [0.3, 0.4) is 0 Å². The summed E-state index contributed by atoms with van der Waals surface area (Å²) in [6.45, 7) is 2.64. The molecule has 2 aliphatic rings. The normalized spacial score (nSPS) is 17.8. The number of hydrogen-bond acceptors (Lipinski definition) is 7. The van der Waals surface area contributed by atoms with Gasteiger partial charge in [0.15, 0.2) is 11.5 Å². The molecule has 0 spiro atoms. The number of rotatable bonds is 6. The zero-order chi connectivity index (χ0) is 24.5.